The highest BCUT2D eigenvalue weighted by atomic mass is 15.2. The molecule has 2 nitrogen and oxygen atoms in total. The monoisotopic (exact) mass is 1040 g/mol. The molecule has 16 rings (SSSR count). The van der Waals surface area contributed by atoms with Crippen LogP contribution >= 0.6 is 0 Å². The third-order valence-electron chi connectivity index (χ3n) is 17.2. The van der Waals surface area contributed by atoms with E-state index in [-0.39, 0.29) is 0 Å². The van der Waals surface area contributed by atoms with Gasteiger partial charge in [-0.3, -0.25) is 0 Å². The molecule has 14 aromatic carbocycles. The Labute approximate surface area is 477 Å². The fourth-order valence-corrected chi connectivity index (χ4v) is 13.6. The van der Waals surface area contributed by atoms with Crippen LogP contribution in [0.15, 0.2) is 321 Å². The third kappa shape index (κ3) is 7.86. The van der Waals surface area contributed by atoms with Crippen LogP contribution in [0.1, 0.15) is 6.42 Å². The van der Waals surface area contributed by atoms with Gasteiger partial charge < -0.3 is 9.80 Å². The van der Waals surface area contributed by atoms with Crippen LogP contribution < -0.4 is 9.80 Å². The minimum atomic E-state index is 0.306. The molecule has 0 saturated heterocycles. The second-order valence-corrected chi connectivity index (χ2v) is 21.9. The smallest absolute Gasteiger partial charge is 0.0618 e. The van der Waals surface area contributed by atoms with Crippen molar-refractivity contribution in [2.45, 2.75) is 6.42 Å². The van der Waals surface area contributed by atoms with Gasteiger partial charge in [-0.15, -0.1) is 0 Å². The molecule has 1 atom stereocenters. The van der Waals surface area contributed by atoms with Crippen molar-refractivity contribution in [2.24, 2.45) is 5.92 Å². The van der Waals surface area contributed by atoms with Gasteiger partial charge in [-0.25, -0.2) is 0 Å². The second kappa shape index (κ2) is 19.7. The number of hydrogen-bond donors (Lipinski definition) is 0. The summed E-state index contributed by atoms with van der Waals surface area (Å²) in [7, 11) is 0. The molecule has 384 valence electrons. The van der Waals surface area contributed by atoms with E-state index in [1.165, 1.54) is 115 Å². The van der Waals surface area contributed by atoms with E-state index in [4.69, 9.17) is 0 Å². The van der Waals surface area contributed by atoms with Gasteiger partial charge >= 0.3 is 0 Å². The van der Waals surface area contributed by atoms with E-state index in [0.717, 1.165) is 40.3 Å². The zero-order valence-electron chi connectivity index (χ0n) is 45.1. The molecule has 0 amide bonds. The lowest BCUT2D eigenvalue weighted by Gasteiger charge is -2.33. The van der Waals surface area contributed by atoms with E-state index in [2.05, 4.69) is 319 Å². The van der Waals surface area contributed by atoms with Crippen molar-refractivity contribution < 1.29 is 0 Å². The lowest BCUT2D eigenvalue weighted by molar-refractivity contribution is 0.769. The molecule has 0 spiro atoms. The van der Waals surface area contributed by atoms with Crippen molar-refractivity contribution in [3.63, 3.8) is 0 Å². The fourth-order valence-electron chi connectivity index (χ4n) is 13.6. The summed E-state index contributed by atoms with van der Waals surface area (Å²) in [6, 6.07) is 102. The Hall–Kier alpha value is -10.5. The van der Waals surface area contributed by atoms with Crippen molar-refractivity contribution in [3.8, 4) is 33.4 Å². The van der Waals surface area contributed by atoms with Gasteiger partial charge in [-0.1, -0.05) is 243 Å². The number of allylic oxidation sites excluding steroid dienone is 7. The summed E-state index contributed by atoms with van der Waals surface area (Å²) in [5.41, 5.74) is 15.3. The standard InChI is InChI=1S/C80H54N2/c1-3-29-62(30-4-1)81(64-45-43-53-23-7-9-25-55(53)51-64)79-72-39-19-15-35-68(72)77(69-36-16-20-40-73(69)79)60-48-59(76-66-33-13-11-27-57(66)47-58-28-12-14-34-67(58)76)49-61(50-60)78-70-37-17-21-41-74(70)80(75-42-22-18-38-71(75)78)82(63-31-5-2-6-32-63)65-46-44-54-24-8-10-26-56(54)52-65/h1-25,27-52,56H,26H2. The zero-order chi connectivity index (χ0) is 54.1. The second-order valence-electron chi connectivity index (χ2n) is 21.9. The SMILES string of the molecule is C1=CCC2C=C(N(c3ccccc3)c3c4ccccc4c(-c4cc(-c5c6ccccc6cc6ccccc56)cc(-c5c6ccccc6c(N(c6ccccc6)c6ccc7ccccc7c6)c6ccccc56)c4)c4ccccc34)C=CC2=C1. The van der Waals surface area contributed by atoms with Crippen molar-refractivity contribution in [1.29, 1.82) is 0 Å². The average Bonchev–Trinajstić information content (AvgIpc) is 2.32. The summed E-state index contributed by atoms with van der Waals surface area (Å²) in [5, 5.41) is 16.8. The van der Waals surface area contributed by atoms with Gasteiger partial charge in [-0.05, 0) is 166 Å². The Morgan fingerprint density at radius 1 is 0.293 bits per heavy atom. The van der Waals surface area contributed by atoms with Crippen LogP contribution in [0.4, 0.5) is 28.4 Å². The number of rotatable bonds is 9. The molecule has 14 aromatic rings. The van der Waals surface area contributed by atoms with Crippen LogP contribution in [0, 0.1) is 5.92 Å². The average molecular weight is 1040 g/mol. The Morgan fingerprint density at radius 3 is 1.21 bits per heavy atom. The molecule has 2 heteroatoms. The minimum absolute atomic E-state index is 0.306. The largest absolute Gasteiger partial charge is 0.310 e. The number of fused-ring (bicyclic) bond motifs is 8. The minimum Gasteiger partial charge on any atom is -0.310 e. The van der Waals surface area contributed by atoms with Crippen LogP contribution in [0.3, 0.4) is 0 Å². The molecule has 82 heavy (non-hydrogen) atoms. The van der Waals surface area contributed by atoms with E-state index >= 15 is 0 Å². The normalized spacial score (nSPS) is 14.0. The quantitative estimate of drug-likeness (QED) is 0.133. The van der Waals surface area contributed by atoms with E-state index in [1.54, 1.807) is 0 Å². The van der Waals surface area contributed by atoms with E-state index in [1.807, 2.05) is 0 Å². The van der Waals surface area contributed by atoms with Gasteiger partial charge in [-0.2, -0.15) is 0 Å². The van der Waals surface area contributed by atoms with Gasteiger partial charge in [0.1, 0.15) is 0 Å². The maximum absolute atomic E-state index is 2.51. The molecular weight excluding hydrogens is 989 g/mol. The molecule has 0 heterocycles. The predicted octanol–water partition coefficient (Wildman–Crippen LogP) is 22.3. The molecule has 0 radical (unpaired) electrons. The summed E-state index contributed by atoms with van der Waals surface area (Å²) < 4.78 is 0. The van der Waals surface area contributed by atoms with Crippen molar-refractivity contribution >= 4 is 104 Å². The molecule has 0 aliphatic heterocycles. The lowest BCUT2D eigenvalue weighted by atomic mass is 9.83. The maximum atomic E-state index is 2.51. The molecule has 0 N–H and O–H groups in total. The van der Waals surface area contributed by atoms with E-state index in [9.17, 15) is 0 Å². The summed E-state index contributed by atoms with van der Waals surface area (Å²) in [4.78, 5) is 4.99. The fraction of sp³-hybridized carbons (Fsp3) is 0.0250. The zero-order valence-corrected chi connectivity index (χ0v) is 45.1. The topological polar surface area (TPSA) is 6.48 Å². The highest BCUT2D eigenvalue weighted by Crippen LogP contribution is 2.53. The predicted molar refractivity (Wildman–Crippen MR) is 351 cm³/mol. The first-order valence-electron chi connectivity index (χ1n) is 28.6. The van der Waals surface area contributed by atoms with Crippen LogP contribution in [-0.2, 0) is 0 Å². The number of para-hydroxylation sites is 2. The van der Waals surface area contributed by atoms with Crippen LogP contribution in [0.5, 0.6) is 0 Å². The first-order chi connectivity index (χ1) is 40.7. The summed E-state index contributed by atoms with van der Waals surface area (Å²) >= 11 is 0. The Bertz CT molecular complexity index is 4850. The van der Waals surface area contributed by atoms with Crippen molar-refractivity contribution in [1.82, 2.24) is 0 Å². The molecule has 0 saturated carbocycles. The maximum Gasteiger partial charge on any atom is 0.0618 e. The van der Waals surface area contributed by atoms with Crippen LogP contribution in [0.25, 0.3) is 109 Å². The summed E-state index contributed by atoms with van der Waals surface area (Å²) in [6.45, 7) is 0. The lowest BCUT2D eigenvalue weighted by Crippen LogP contribution is -2.20. The van der Waals surface area contributed by atoms with Crippen LogP contribution in [-0.4, -0.2) is 0 Å². The highest BCUT2D eigenvalue weighted by molar-refractivity contribution is 6.25. The molecule has 1 unspecified atom stereocenters. The molecule has 2 aliphatic rings. The Balaban J connectivity index is 1.01. The van der Waals surface area contributed by atoms with Gasteiger partial charge in [0.15, 0.2) is 0 Å². The summed E-state index contributed by atoms with van der Waals surface area (Å²) in [6.07, 6.45) is 14.9. The van der Waals surface area contributed by atoms with Gasteiger partial charge in [0.05, 0.1) is 11.4 Å². The Kier molecular flexibility index (Phi) is 11.4. The first-order valence-corrected chi connectivity index (χ1v) is 28.6. The van der Waals surface area contributed by atoms with Crippen molar-refractivity contribution in [2.75, 3.05) is 9.80 Å². The summed E-state index contributed by atoms with van der Waals surface area (Å²) in [5.74, 6) is 0.306. The van der Waals surface area contributed by atoms with Crippen LogP contribution in [0.2, 0.25) is 0 Å². The molecule has 0 aromatic heterocycles. The third-order valence-corrected chi connectivity index (χ3v) is 17.2. The molecule has 0 bridgehead atoms. The number of anilines is 5. The number of hydrogen-bond acceptors (Lipinski definition) is 2. The van der Waals surface area contributed by atoms with Crippen molar-refractivity contribution in [3.05, 3.63) is 321 Å². The molecule has 2 aliphatic carbocycles. The van der Waals surface area contributed by atoms with Gasteiger partial charge in [0, 0.05) is 50.2 Å². The molecule has 0 fully saturated rings. The van der Waals surface area contributed by atoms with Gasteiger partial charge in [0.25, 0.3) is 0 Å². The number of benzene rings is 14. The molecular formula is C80H54N2. The van der Waals surface area contributed by atoms with Gasteiger partial charge in [0.2, 0.25) is 0 Å². The van der Waals surface area contributed by atoms with E-state index in [0.29, 0.717) is 5.92 Å². The number of nitrogens with zero attached hydrogens (tertiary/aromatic N) is 2. The highest BCUT2D eigenvalue weighted by Gasteiger charge is 2.28. The first kappa shape index (κ1) is 47.5. The Morgan fingerprint density at radius 2 is 0.695 bits per heavy atom. The van der Waals surface area contributed by atoms with E-state index < -0.39 is 0 Å².